The standard InChI is InChI=1S/C29H34O5Si/c1-28(2,3)35(25-15-9-5-10-16-25,26-17-11-6-12-18-26)34-22-29(19-24(30)20-33-29)21-32-27(31)23-13-7-4-8-14-23/h4-18,24,30H,19-22H2,1-3H3/t24-,29-/m0/s1. The molecular formula is C29H34O5Si. The fourth-order valence-electron chi connectivity index (χ4n) is 4.92. The van der Waals surface area contributed by atoms with Crippen LogP contribution in [0.1, 0.15) is 37.6 Å². The van der Waals surface area contributed by atoms with E-state index in [1.165, 1.54) is 0 Å². The maximum Gasteiger partial charge on any atom is 0.338 e. The average Bonchev–Trinajstić information content (AvgIpc) is 3.25. The number of ether oxygens (including phenoxy) is 2. The van der Waals surface area contributed by atoms with Gasteiger partial charge in [0.1, 0.15) is 12.2 Å². The molecule has 0 spiro atoms. The van der Waals surface area contributed by atoms with E-state index in [1.54, 1.807) is 24.3 Å². The Morgan fingerprint density at radius 3 is 1.89 bits per heavy atom. The van der Waals surface area contributed by atoms with Gasteiger partial charge in [0.05, 0.1) is 24.9 Å². The lowest BCUT2D eigenvalue weighted by Gasteiger charge is -2.44. The monoisotopic (exact) mass is 490 g/mol. The summed E-state index contributed by atoms with van der Waals surface area (Å²) in [4.78, 5) is 12.7. The Kier molecular flexibility index (Phi) is 7.57. The lowest BCUT2D eigenvalue weighted by Crippen LogP contribution is -2.67. The Balaban J connectivity index is 1.66. The zero-order valence-electron chi connectivity index (χ0n) is 20.6. The van der Waals surface area contributed by atoms with Crippen molar-refractivity contribution in [2.24, 2.45) is 0 Å². The van der Waals surface area contributed by atoms with Gasteiger partial charge in [-0.15, -0.1) is 0 Å². The Morgan fingerprint density at radius 2 is 1.43 bits per heavy atom. The maximum atomic E-state index is 12.7. The second-order valence-corrected chi connectivity index (χ2v) is 14.6. The molecule has 0 unspecified atom stereocenters. The molecule has 0 saturated carbocycles. The molecule has 3 aromatic carbocycles. The van der Waals surface area contributed by atoms with Crippen molar-refractivity contribution in [3.8, 4) is 0 Å². The van der Waals surface area contributed by atoms with Crippen LogP contribution in [-0.4, -0.2) is 50.9 Å². The van der Waals surface area contributed by atoms with Crippen LogP contribution in [0.25, 0.3) is 0 Å². The van der Waals surface area contributed by atoms with E-state index in [-0.39, 0.29) is 24.9 Å². The van der Waals surface area contributed by atoms with E-state index < -0.39 is 26.0 Å². The van der Waals surface area contributed by atoms with Crippen LogP contribution in [0.4, 0.5) is 0 Å². The number of aliphatic hydroxyl groups is 1. The van der Waals surface area contributed by atoms with E-state index in [1.807, 2.05) is 42.5 Å². The fourth-order valence-corrected chi connectivity index (χ4v) is 9.55. The molecule has 6 heteroatoms. The normalized spacial score (nSPS) is 20.5. The first-order chi connectivity index (χ1) is 16.8. The molecule has 3 aromatic rings. The predicted molar refractivity (Wildman–Crippen MR) is 140 cm³/mol. The van der Waals surface area contributed by atoms with Gasteiger partial charge >= 0.3 is 5.97 Å². The summed E-state index contributed by atoms with van der Waals surface area (Å²) in [5.74, 6) is -0.416. The van der Waals surface area contributed by atoms with Crippen LogP contribution in [0.3, 0.4) is 0 Å². The van der Waals surface area contributed by atoms with Crippen LogP contribution in [0.15, 0.2) is 91.0 Å². The Hall–Kier alpha value is -2.77. The molecule has 1 N–H and O–H groups in total. The zero-order valence-corrected chi connectivity index (χ0v) is 21.6. The van der Waals surface area contributed by atoms with Crippen molar-refractivity contribution in [3.63, 3.8) is 0 Å². The number of esters is 1. The molecule has 1 aliphatic rings. The minimum absolute atomic E-state index is 0.00991. The lowest BCUT2D eigenvalue weighted by molar-refractivity contribution is -0.0748. The van der Waals surface area contributed by atoms with Gasteiger partial charge in [0, 0.05) is 6.42 Å². The van der Waals surface area contributed by atoms with Crippen molar-refractivity contribution in [3.05, 3.63) is 96.6 Å². The summed E-state index contributed by atoms with van der Waals surface area (Å²) in [5, 5.41) is 12.5. The van der Waals surface area contributed by atoms with Crippen molar-refractivity contribution in [2.75, 3.05) is 19.8 Å². The van der Waals surface area contributed by atoms with Gasteiger partial charge in [-0.1, -0.05) is 99.6 Å². The van der Waals surface area contributed by atoms with Gasteiger partial charge in [0.2, 0.25) is 0 Å². The first-order valence-corrected chi connectivity index (χ1v) is 14.0. The number of aliphatic hydroxyl groups excluding tert-OH is 1. The summed E-state index contributed by atoms with van der Waals surface area (Å²) in [5.41, 5.74) is -0.439. The van der Waals surface area contributed by atoms with Gasteiger partial charge in [-0.3, -0.25) is 0 Å². The topological polar surface area (TPSA) is 65.0 Å². The van der Waals surface area contributed by atoms with Crippen LogP contribution >= 0.6 is 0 Å². The summed E-state index contributed by atoms with van der Waals surface area (Å²) in [6.07, 6.45) is -0.291. The van der Waals surface area contributed by atoms with Crippen LogP contribution < -0.4 is 10.4 Å². The lowest BCUT2D eigenvalue weighted by atomic mass is 10.0. The highest BCUT2D eigenvalue weighted by Gasteiger charge is 2.52. The molecule has 0 bridgehead atoms. The molecule has 5 nitrogen and oxygen atoms in total. The van der Waals surface area contributed by atoms with Gasteiger partial charge in [0.25, 0.3) is 8.32 Å². The van der Waals surface area contributed by atoms with Crippen molar-refractivity contribution in [1.82, 2.24) is 0 Å². The summed E-state index contributed by atoms with van der Waals surface area (Å²) in [7, 11) is -2.81. The maximum absolute atomic E-state index is 12.7. The number of hydrogen-bond donors (Lipinski definition) is 1. The molecule has 0 aromatic heterocycles. The average molecular weight is 491 g/mol. The molecule has 0 aliphatic carbocycles. The summed E-state index contributed by atoms with van der Waals surface area (Å²) >= 11 is 0. The number of hydrogen-bond acceptors (Lipinski definition) is 5. The highest BCUT2D eigenvalue weighted by molar-refractivity contribution is 6.99. The molecule has 35 heavy (non-hydrogen) atoms. The van der Waals surface area contributed by atoms with Crippen LogP contribution in [0.2, 0.25) is 5.04 Å². The van der Waals surface area contributed by atoms with Crippen molar-refractivity contribution in [1.29, 1.82) is 0 Å². The minimum Gasteiger partial charge on any atom is -0.459 e. The van der Waals surface area contributed by atoms with E-state index in [9.17, 15) is 9.90 Å². The molecule has 0 amide bonds. The molecule has 1 aliphatic heterocycles. The molecule has 0 radical (unpaired) electrons. The van der Waals surface area contributed by atoms with Gasteiger partial charge in [-0.2, -0.15) is 0 Å². The molecule has 1 heterocycles. The first kappa shape index (κ1) is 25.3. The SMILES string of the molecule is CC(C)(C)[Si](OC[C@@]1(COC(=O)c2ccccc2)C[C@H](O)CO1)(c1ccccc1)c1ccccc1. The Labute approximate surface area is 208 Å². The highest BCUT2D eigenvalue weighted by Crippen LogP contribution is 2.38. The number of carbonyl (C=O) groups excluding carboxylic acids is 1. The second kappa shape index (κ2) is 10.5. The fraction of sp³-hybridized carbons (Fsp3) is 0.345. The largest absolute Gasteiger partial charge is 0.459 e. The van der Waals surface area contributed by atoms with Crippen LogP contribution in [-0.2, 0) is 13.9 Å². The third kappa shape index (κ3) is 5.41. The van der Waals surface area contributed by atoms with Gasteiger partial charge in [-0.05, 0) is 27.5 Å². The van der Waals surface area contributed by atoms with E-state index in [4.69, 9.17) is 13.9 Å². The first-order valence-electron chi connectivity index (χ1n) is 12.0. The Morgan fingerprint density at radius 1 is 0.914 bits per heavy atom. The molecule has 1 saturated heterocycles. The van der Waals surface area contributed by atoms with Gasteiger partial charge < -0.3 is 19.0 Å². The van der Waals surface area contributed by atoms with Crippen molar-refractivity contribution >= 4 is 24.7 Å². The summed E-state index contributed by atoms with van der Waals surface area (Å²) < 4.78 is 18.8. The second-order valence-electron chi connectivity index (χ2n) is 10.2. The van der Waals surface area contributed by atoms with E-state index >= 15 is 0 Å². The molecule has 1 fully saturated rings. The van der Waals surface area contributed by atoms with E-state index in [2.05, 4.69) is 45.0 Å². The minimum atomic E-state index is -2.81. The number of benzene rings is 3. The third-order valence-electron chi connectivity index (χ3n) is 6.63. The molecule has 4 rings (SSSR count). The van der Waals surface area contributed by atoms with Gasteiger partial charge in [-0.25, -0.2) is 4.79 Å². The summed E-state index contributed by atoms with van der Waals surface area (Å²) in [6.45, 7) is 7.05. The van der Waals surface area contributed by atoms with Crippen molar-refractivity contribution < 1.29 is 23.8 Å². The van der Waals surface area contributed by atoms with Crippen LogP contribution in [0, 0.1) is 0 Å². The van der Waals surface area contributed by atoms with E-state index in [0.717, 1.165) is 10.4 Å². The molecular weight excluding hydrogens is 456 g/mol. The smallest absolute Gasteiger partial charge is 0.338 e. The number of carbonyl (C=O) groups is 1. The number of rotatable bonds is 8. The predicted octanol–water partition coefficient (Wildman–Crippen LogP) is 3.94. The Bertz CT molecular complexity index is 1060. The third-order valence-corrected chi connectivity index (χ3v) is 11.6. The molecule has 2 atom stereocenters. The summed E-state index contributed by atoms with van der Waals surface area (Å²) in [6, 6.07) is 29.6. The molecule has 184 valence electrons. The zero-order chi connectivity index (χ0) is 24.9. The highest BCUT2D eigenvalue weighted by atomic mass is 28.4. The van der Waals surface area contributed by atoms with Crippen LogP contribution in [0.5, 0.6) is 0 Å². The van der Waals surface area contributed by atoms with E-state index in [0.29, 0.717) is 12.0 Å². The van der Waals surface area contributed by atoms with Crippen molar-refractivity contribution in [2.45, 2.75) is 43.9 Å². The van der Waals surface area contributed by atoms with Gasteiger partial charge in [0.15, 0.2) is 0 Å². The quantitative estimate of drug-likeness (QED) is 0.383.